The van der Waals surface area contributed by atoms with E-state index in [2.05, 4.69) is 5.32 Å². The minimum absolute atomic E-state index is 0.0483. The standard InChI is InChI=1S/C14H20Cl2N2O2/c1-8(9-4-11(15)13(17)12(16)5-9)18-6-10-7-19-14(2,3)20-10/h4-5,8,10,18H,6-7,17H2,1-3H3/t8-,10-/m0/s1. The van der Waals surface area contributed by atoms with Gasteiger partial charge in [0.1, 0.15) is 0 Å². The van der Waals surface area contributed by atoms with Crippen LogP contribution in [0.1, 0.15) is 32.4 Å². The second kappa shape index (κ2) is 6.08. The topological polar surface area (TPSA) is 56.5 Å². The van der Waals surface area contributed by atoms with Gasteiger partial charge >= 0.3 is 0 Å². The van der Waals surface area contributed by atoms with E-state index < -0.39 is 5.79 Å². The fraction of sp³-hybridized carbons (Fsp3) is 0.571. The quantitative estimate of drug-likeness (QED) is 0.836. The van der Waals surface area contributed by atoms with E-state index in [1.807, 2.05) is 32.9 Å². The van der Waals surface area contributed by atoms with Crippen LogP contribution in [0, 0.1) is 0 Å². The van der Waals surface area contributed by atoms with Crippen molar-refractivity contribution in [3.05, 3.63) is 27.7 Å². The first kappa shape index (κ1) is 15.9. The van der Waals surface area contributed by atoms with Crippen LogP contribution in [0.3, 0.4) is 0 Å². The van der Waals surface area contributed by atoms with Gasteiger partial charge in [-0.2, -0.15) is 0 Å². The highest BCUT2D eigenvalue weighted by Crippen LogP contribution is 2.31. The van der Waals surface area contributed by atoms with Crippen LogP contribution in [0.15, 0.2) is 12.1 Å². The summed E-state index contributed by atoms with van der Waals surface area (Å²) < 4.78 is 11.3. The summed E-state index contributed by atoms with van der Waals surface area (Å²) in [6.45, 7) is 7.16. The fourth-order valence-corrected chi connectivity index (χ4v) is 2.65. The van der Waals surface area contributed by atoms with Crippen molar-refractivity contribution in [1.82, 2.24) is 5.32 Å². The second-order valence-corrected chi connectivity index (χ2v) is 6.29. The van der Waals surface area contributed by atoms with Crippen LogP contribution < -0.4 is 11.1 Å². The highest BCUT2D eigenvalue weighted by molar-refractivity contribution is 6.38. The van der Waals surface area contributed by atoms with Gasteiger partial charge in [-0.25, -0.2) is 0 Å². The van der Waals surface area contributed by atoms with E-state index in [1.54, 1.807) is 0 Å². The van der Waals surface area contributed by atoms with Crippen LogP contribution in [0.2, 0.25) is 10.0 Å². The average Bonchev–Trinajstić information content (AvgIpc) is 2.72. The zero-order valence-corrected chi connectivity index (χ0v) is 13.4. The zero-order chi connectivity index (χ0) is 14.9. The van der Waals surface area contributed by atoms with Gasteiger partial charge in [-0.15, -0.1) is 0 Å². The summed E-state index contributed by atoms with van der Waals surface area (Å²) >= 11 is 12.1. The van der Waals surface area contributed by atoms with Gasteiger partial charge in [-0.05, 0) is 38.5 Å². The van der Waals surface area contributed by atoms with E-state index in [-0.39, 0.29) is 12.1 Å². The lowest BCUT2D eigenvalue weighted by Gasteiger charge is -2.20. The number of benzene rings is 1. The molecule has 0 spiro atoms. The Hall–Kier alpha value is -0.520. The Morgan fingerprint density at radius 3 is 2.50 bits per heavy atom. The first-order chi connectivity index (χ1) is 9.28. The molecule has 3 N–H and O–H groups in total. The van der Waals surface area contributed by atoms with Crippen molar-refractivity contribution in [1.29, 1.82) is 0 Å². The summed E-state index contributed by atoms with van der Waals surface area (Å²) in [7, 11) is 0. The van der Waals surface area contributed by atoms with Crippen LogP contribution in [0.25, 0.3) is 0 Å². The van der Waals surface area contributed by atoms with Gasteiger partial charge in [-0.3, -0.25) is 0 Å². The SMILES string of the molecule is C[C@H](NC[C@H]1COC(C)(C)O1)c1cc(Cl)c(N)c(Cl)c1. The van der Waals surface area contributed by atoms with E-state index >= 15 is 0 Å². The van der Waals surface area contributed by atoms with Gasteiger partial charge in [0.25, 0.3) is 0 Å². The molecule has 1 heterocycles. The highest BCUT2D eigenvalue weighted by Gasteiger charge is 2.32. The van der Waals surface area contributed by atoms with Gasteiger partial charge in [0.15, 0.2) is 5.79 Å². The molecule has 0 amide bonds. The molecule has 1 aromatic carbocycles. The number of nitrogen functional groups attached to an aromatic ring is 1. The van der Waals surface area contributed by atoms with Crippen LogP contribution in [0.4, 0.5) is 5.69 Å². The van der Waals surface area contributed by atoms with Crippen molar-refractivity contribution >= 4 is 28.9 Å². The largest absolute Gasteiger partial charge is 0.396 e. The predicted molar refractivity (Wildman–Crippen MR) is 82.2 cm³/mol. The summed E-state index contributed by atoms with van der Waals surface area (Å²) in [5, 5.41) is 4.34. The molecule has 0 bridgehead atoms. The summed E-state index contributed by atoms with van der Waals surface area (Å²) in [5.41, 5.74) is 7.14. The van der Waals surface area contributed by atoms with Crippen LogP contribution >= 0.6 is 23.2 Å². The maximum atomic E-state index is 6.05. The monoisotopic (exact) mass is 318 g/mol. The van der Waals surface area contributed by atoms with E-state index in [4.69, 9.17) is 38.4 Å². The lowest BCUT2D eigenvalue weighted by atomic mass is 10.1. The number of halogens is 2. The van der Waals surface area contributed by atoms with Crippen molar-refractivity contribution in [2.24, 2.45) is 0 Å². The van der Waals surface area contributed by atoms with E-state index in [9.17, 15) is 0 Å². The number of nitrogens with two attached hydrogens (primary N) is 1. The predicted octanol–water partition coefficient (Wildman–Crippen LogP) is 3.38. The number of anilines is 1. The summed E-state index contributed by atoms with van der Waals surface area (Å²) in [5.74, 6) is -0.497. The molecule has 0 aromatic heterocycles. The molecule has 2 rings (SSSR count). The Kier molecular flexibility index (Phi) is 4.82. The molecule has 1 fully saturated rings. The van der Waals surface area contributed by atoms with Crippen molar-refractivity contribution in [3.8, 4) is 0 Å². The van der Waals surface area contributed by atoms with E-state index in [0.717, 1.165) is 5.56 Å². The number of nitrogens with one attached hydrogen (secondary N) is 1. The maximum absolute atomic E-state index is 6.05. The molecule has 6 heteroatoms. The highest BCUT2D eigenvalue weighted by atomic mass is 35.5. The third-order valence-corrected chi connectivity index (χ3v) is 3.95. The molecule has 1 aromatic rings. The van der Waals surface area contributed by atoms with Gasteiger partial charge in [-0.1, -0.05) is 23.2 Å². The van der Waals surface area contributed by atoms with Gasteiger partial charge in [0.2, 0.25) is 0 Å². The Morgan fingerprint density at radius 1 is 1.40 bits per heavy atom. The smallest absolute Gasteiger partial charge is 0.163 e. The molecule has 112 valence electrons. The summed E-state index contributed by atoms with van der Waals surface area (Å²) in [6, 6.07) is 3.75. The number of hydrogen-bond acceptors (Lipinski definition) is 4. The molecule has 1 saturated heterocycles. The van der Waals surface area contributed by atoms with E-state index in [1.165, 1.54) is 0 Å². The van der Waals surface area contributed by atoms with Crippen molar-refractivity contribution in [2.45, 2.75) is 38.7 Å². The zero-order valence-electron chi connectivity index (χ0n) is 11.9. The van der Waals surface area contributed by atoms with Crippen molar-refractivity contribution < 1.29 is 9.47 Å². The van der Waals surface area contributed by atoms with Gasteiger partial charge < -0.3 is 20.5 Å². The fourth-order valence-electron chi connectivity index (χ4n) is 2.14. The van der Waals surface area contributed by atoms with Crippen LogP contribution in [-0.4, -0.2) is 25.0 Å². The van der Waals surface area contributed by atoms with Gasteiger partial charge in [0, 0.05) is 12.6 Å². The average molecular weight is 319 g/mol. The first-order valence-electron chi connectivity index (χ1n) is 6.58. The molecule has 4 nitrogen and oxygen atoms in total. The molecule has 0 aliphatic carbocycles. The molecular formula is C14H20Cl2N2O2. The molecule has 1 aliphatic heterocycles. The molecule has 0 unspecified atom stereocenters. The number of rotatable bonds is 4. The molecule has 1 aliphatic rings. The number of hydrogen-bond donors (Lipinski definition) is 2. The Bertz CT molecular complexity index is 471. The number of ether oxygens (including phenoxy) is 2. The van der Waals surface area contributed by atoms with E-state index in [0.29, 0.717) is 28.9 Å². The normalized spacial score (nSPS) is 22.9. The third kappa shape index (κ3) is 3.77. The minimum Gasteiger partial charge on any atom is -0.396 e. The minimum atomic E-state index is -0.497. The maximum Gasteiger partial charge on any atom is 0.163 e. The van der Waals surface area contributed by atoms with Gasteiger partial charge in [0.05, 0.1) is 28.4 Å². The molecule has 0 radical (unpaired) electrons. The van der Waals surface area contributed by atoms with Crippen molar-refractivity contribution in [3.63, 3.8) is 0 Å². The molecule has 0 saturated carbocycles. The Morgan fingerprint density at radius 2 is 2.00 bits per heavy atom. The molecular weight excluding hydrogens is 299 g/mol. The van der Waals surface area contributed by atoms with Crippen LogP contribution in [-0.2, 0) is 9.47 Å². The van der Waals surface area contributed by atoms with Crippen molar-refractivity contribution in [2.75, 3.05) is 18.9 Å². The Balaban J connectivity index is 1.94. The Labute approximate surface area is 129 Å². The lowest BCUT2D eigenvalue weighted by Crippen LogP contribution is -2.32. The molecule has 20 heavy (non-hydrogen) atoms. The molecule has 2 atom stereocenters. The second-order valence-electron chi connectivity index (χ2n) is 5.48. The van der Waals surface area contributed by atoms with Crippen LogP contribution in [0.5, 0.6) is 0 Å². The summed E-state index contributed by atoms with van der Waals surface area (Å²) in [6.07, 6.45) is 0.0483. The third-order valence-electron chi connectivity index (χ3n) is 3.32. The lowest BCUT2D eigenvalue weighted by molar-refractivity contribution is -0.137. The first-order valence-corrected chi connectivity index (χ1v) is 7.33. The summed E-state index contributed by atoms with van der Waals surface area (Å²) in [4.78, 5) is 0.